The van der Waals surface area contributed by atoms with Crippen LogP contribution < -0.4 is 5.48 Å². The summed E-state index contributed by atoms with van der Waals surface area (Å²) < 4.78 is 0.0302. The van der Waals surface area contributed by atoms with Crippen molar-refractivity contribution in [3.05, 3.63) is 0 Å². The first-order chi connectivity index (χ1) is 2.27. The third kappa shape index (κ3) is 4.16. The van der Waals surface area contributed by atoms with Crippen molar-refractivity contribution in [3.63, 3.8) is 0 Å². The van der Waals surface area contributed by atoms with Gasteiger partial charge in [-0.15, -0.1) is 0 Å². The van der Waals surface area contributed by atoms with Crippen LogP contribution in [0.2, 0.25) is 0 Å². The maximum atomic E-state index is 7.66. The molecule has 0 radical (unpaired) electrons. The molecule has 0 aliphatic heterocycles. The Hall–Kier alpha value is 0.160. The number of rotatable bonds is 0. The van der Waals surface area contributed by atoms with E-state index >= 15 is 0 Å². The lowest BCUT2D eigenvalue weighted by molar-refractivity contribution is 0.238. The van der Waals surface area contributed by atoms with Gasteiger partial charge in [-0.25, -0.2) is 5.48 Å². The van der Waals surface area contributed by atoms with Crippen molar-refractivity contribution in [1.82, 2.24) is 5.48 Å². The van der Waals surface area contributed by atoms with Gasteiger partial charge >= 0.3 is 0 Å². The third-order valence-electron chi connectivity index (χ3n) is 0.0982. The van der Waals surface area contributed by atoms with Gasteiger partial charge in [-0.2, -0.15) is 0 Å². The zero-order chi connectivity index (χ0) is 4.28. The molecule has 0 aromatic carbocycles. The van der Waals surface area contributed by atoms with Crippen LogP contribution in [0, 0.1) is 5.41 Å². The maximum Gasteiger partial charge on any atom is 0.180 e. The summed E-state index contributed by atoms with van der Waals surface area (Å²) in [7, 11) is 0. The van der Waals surface area contributed by atoms with Gasteiger partial charge in [0.2, 0.25) is 0 Å². The zero-order valence-corrected chi connectivity index (χ0v) is 4.48. The van der Waals surface area contributed by atoms with Gasteiger partial charge in [-0.1, -0.05) is 0 Å². The van der Waals surface area contributed by atoms with E-state index in [1.54, 1.807) is 28.1 Å². The largest absolute Gasteiger partial charge is 0.289 e. The third-order valence-corrected chi connectivity index (χ3v) is 0.339. The van der Waals surface area contributed by atoms with Crippen molar-refractivity contribution in [2.45, 2.75) is 0 Å². The topological polar surface area (TPSA) is 56.1 Å². The fourth-order valence-corrected chi connectivity index (χ4v) is 0. The van der Waals surface area contributed by atoms with E-state index < -0.39 is 0 Å². The summed E-state index contributed by atoms with van der Waals surface area (Å²) in [5.74, 6) is 0. The van der Waals surface area contributed by atoms with E-state index in [0.717, 1.165) is 0 Å². The van der Waals surface area contributed by atoms with E-state index in [1.807, 2.05) is 0 Å². The molecule has 0 rings (SSSR count). The molecule has 0 atom stereocenters. The molecule has 0 heterocycles. The first kappa shape index (κ1) is 5.16. The highest BCUT2D eigenvalue weighted by Gasteiger charge is 1.71. The quantitative estimate of drug-likeness (QED) is 0.168. The average Bonchev–Trinajstić information content (AvgIpc) is 1.38. The number of hydrogen-bond donors (Lipinski definition) is 3. The summed E-state index contributed by atoms with van der Waals surface area (Å²) in [6.07, 6.45) is 0. The summed E-state index contributed by atoms with van der Waals surface area (Å²) in [6, 6.07) is 0. The summed E-state index contributed by atoms with van der Waals surface area (Å²) in [6.45, 7) is 0. The summed E-state index contributed by atoms with van der Waals surface area (Å²) >= 11 is 1.63. The second kappa shape index (κ2) is 2.40. The Labute approximate surface area is 43.0 Å². The van der Waals surface area contributed by atoms with E-state index in [2.05, 4.69) is 0 Å². The Balaban J connectivity index is 2.85. The fourth-order valence-electron chi connectivity index (χ4n) is 0. The Morgan fingerprint density at radius 2 is 2.20 bits per heavy atom. The molecule has 0 aliphatic rings. The van der Waals surface area contributed by atoms with Crippen molar-refractivity contribution < 1.29 is 5.21 Å². The molecule has 0 saturated heterocycles. The molecule has 30 valence electrons. The monoisotopic (exact) mass is 186 g/mol. The normalized spacial score (nSPS) is 6.80. The van der Waals surface area contributed by atoms with Gasteiger partial charge in [0.05, 0.1) is 0 Å². The summed E-state index contributed by atoms with van der Waals surface area (Å²) in [5, 5.41) is 14.0. The van der Waals surface area contributed by atoms with Crippen LogP contribution in [-0.2, 0) is 0 Å². The lowest BCUT2D eigenvalue weighted by Crippen LogP contribution is -2.08. The first-order valence-electron chi connectivity index (χ1n) is 0.913. The van der Waals surface area contributed by atoms with Gasteiger partial charge < -0.3 is 0 Å². The van der Waals surface area contributed by atoms with Crippen LogP contribution in [0.4, 0.5) is 0 Å². The average molecular weight is 186 g/mol. The molecule has 4 heteroatoms. The van der Waals surface area contributed by atoms with Crippen molar-refractivity contribution in [3.8, 4) is 0 Å². The van der Waals surface area contributed by atoms with E-state index in [1.165, 1.54) is 0 Å². The number of nitrogens with one attached hydrogen (secondary N) is 2. The molecular weight excluding hydrogens is 183 g/mol. The second-order valence-corrected chi connectivity index (χ2v) is 1.50. The molecule has 0 aromatic heterocycles. The molecular formula is CH3IN2O. The SMILES string of the molecule is N=C(I)NO. The van der Waals surface area contributed by atoms with E-state index in [9.17, 15) is 0 Å². The number of halogens is 1. The van der Waals surface area contributed by atoms with Gasteiger partial charge in [0.1, 0.15) is 0 Å². The second-order valence-electron chi connectivity index (χ2n) is 0.426. The molecule has 5 heavy (non-hydrogen) atoms. The first-order valence-corrected chi connectivity index (χ1v) is 1.99. The van der Waals surface area contributed by atoms with Crippen molar-refractivity contribution >= 4 is 26.4 Å². The Kier molecular flexibility index (Phi) is 2.48. The van der Waals surface area contributed by atoms with Crippen molar-refractivity contribution in [1.29, 1.82) is 5.41 Å². The Morgan fingerprint density at radius 1 is 2.00 bits per heavy atom. The fraction of sp³-hybridized carbons (Fsp3) is 0. The van der Waals surface area contributed by atoms with Crippen LogP contribution in [0.5, 0.6) is 0 Å². The number of hydrogen-bond acceptors (Lipinski definition) is 2. The maximum absolute atomic E-state index is 7.66. The van der Waals surface area contributed by atoms with E-state index in [0.29, 0.717) is 0 Å². The Morgan fingerprint density at radius 3 is 2.20 bits per heavy atom. The summed E-state index contributed by atoms with van der Waals surface area (Å²) in [4.78, 5) is 0. The lowest BCUT2D eigenvalue weighted by Gasteiger charge is -1.81. The molecule has 0 fully saturated rings. The molecule has 0 amide bonds. The number of hydroxylamine groups is 1. The molecule has 0 spiro atoms. The smallest absolute Gasteiger partial charge is 0.180 e. The predicted octanol–water partition coefficient (Wildman–Crippen LogP) is 0.335. The van der Waals surface area contributed by atoms with Crippen LogP contribution in [0.1, 0.15) is 0 Å². The lowest BCUT2D eigenvalue weighted by atomic mass is 11.4. The molecule has 0 unspecified atom stereocenters. The van der Waals surface area contributed by atoms with Gasteiger partial charge in [0.25, 0.3) is 0 Å². The highest BCUT2D eigenvalue weighted by atomic mass is 127. The molecule has 3 nitrogen and oxygen atoms in total. The van der Waals surface area contributed by atoms with Crippen molar-refractivity contribution in [2.24, 2.45) is 0 Å². The van der Waals surface area contributed by atoms with Gasteiger partial charge in [0.15, 0.2) is 3.84 Å². The minimum atomic E-state index is 0.0302. The summed E-state index contributed by atoms with van der Waals surface area (Å²) in [5.41, 5.74) is 1.60. The minimum absolute atomic E-state index is 0.0302. The van der Waals surface area contributed by atoms with Crippen LogP contribution in [-0.4, -0.2) is 9.05 Å². The van der Waals surface area contributed by atoms with Crippen molar-refractivity contribution in [2.75, 3.05) is 0 Å². The van der Waals surface area contributed by atoms with Crippen LogP contribution in [0.15, 0.2) is 0 Å². The van der Waals surface area contributed by atoms with E-state index in [-0.39, 0.29) is 3.84 Å². The molecule has 3 N–H and O–H groups in total. The van der Waals surface area contributed by atoms with Gasteiger partial charge in [-0.05, 0) is 0 Å². The molecule has 0 bridgehead atoms. The van der Waals surface area contributed by atoms with Crippen LogP contribution >= 0.6 is 22.6 Å². The highest BCUT2D eigenvalue weighted by molar-refractivity contribution is 14.1. The zero-order valence-electron chi connectivity index (χ0n) is 2.33. The van der Waals surface area contributed by atoms with Gasteiger partial charge in [0, 0.05) is 22.6 Å². The van der Waals surface area contributed by atoms with Crippen LogP contribution in [0.25, 0.3) is 0 Å². The molecule has 0 aromatic rings. The minimum Gasteiger partial charge on any atom is -0.289 e. The molecule has 0 saturated carbocycles. The highest BCUT2D eigenvalue weighted by Crippen LogP contribution is 1.73. The number of amidine groups is 1. The standard InChI is InChI=1S/CH3IN2O/c2-1(3)4-5/h5H,(H2,3,4). The van der Waals surface area contributed by atoms with Crippen LogP contribution in [0.3, 0.4) is 0 Å². The van der Waals surface area contributed by atoms with E-state index in [4.69, 9.17) is 10.6 Å². The Bertz CT molecular complexity index is 44.9. The van der Waals surface area contributed by atoms with Gasteiger partial charge in [-0.3, -0.25) is 10.6 Å². The predicted molar refractivity (Wildman–Crippen MR) is 26.7 cm³/mol. The molecule has 0 aliphatic carbocycles.